The van der Waals surface area contributed by atoms with Gasteiger partial charge in [0, 0.05) is 16.5 Å². The summed E-state index contributed by atoms with van der Waals surface area (Å²) in [5.74, 6) is -1.25. The number of nitriles is 2. The van der Waals surface area contributed by atoms with Gasteiger partial charge >= 0.3 is 5.97 Å². The fraction of sp³-hybridized carbons (Fsp3) is 0.304. The summed E-state index contributed by atoms with van der Waals surface area (Å²) in [4.78, 5) is 24.5. The Morgan fingerprint density at radius 1 is 1.19 bits per heavy atom. The number of carbonyl (C=O) groups is 2. The SMILES string of the molecule is CCOC(=O)C(CCCC(=O)SC)c1cc(-c2ccc(Br)cc2)c(C#N)c(N)c1C#N. The summed E-state index contributed by atoms with van der Waals surface area (Å²) < 4.78 is 6.12. The third-order valence-electron chi connectivity index (χ3n) is 4.82. The molecule has 6 nitrogen and oxygen atoms in total. The largest absolute Gasteiger partial charge is 0.466 e. The van der Waals surface area contributed by atoms with Crippen LogP contribution in [0.1, 0.15) is 48.8 Å². The normalized spacial score (nSPS) is 11.3. The molecule has 160 valence electrons. The number of rotatable bonds is 8. The second kappa shape index (κ2) is 11.5. The van der Waals surface area contributed by atoms with Gasteiger partial charge in [0.25, 0.3) is 0 Å². The number of halogens is 1. The van der Waals surface area contributed by atoms with Gasteiger partial charge in [0.15, 0.2) is 5.12 Å². The second-order valence-corrected chi connectivity index (χ2v) is 8.46. The van der Waals surface area contributed by atoms with Crippen molar-refractivity contribution in [3.63, 3.8) is 0 Å². The number of nitrogen functional groups attached to an aromatic ring is 1. The van der Waals surface area contributed by atoms with Crippen LogP contribution in [-0.4, -0.2) is 23.9 Å². The van der Waals surface area contributed by atoms with Gasteiger partial charge in [-0.1, -0.05) is 39.8 Å². The Balaban J connectivity index is 2.64. The number of benzene rings is 2. The van der Waals surface area contributed by atoms with E-state index in [1.165, 1.54) is 0 Å². The van der Waals surface area contributed by atoms with Crippen molar-refractivity contribution in [3.8, 4) is 23.3 Å². The van der Waals surface area contributed by atoms with Crippen LogP contribution in [0.25, 0.3) is 11.1 Å². The van der Waals surface area contributed by atoms with Crippen LogP contribution >= 0.6 is 27.7 Å². The first kappa shape index (κ1) is 24.5. The Hall–Kier alpha value is -2.81. The van der Waals surface area contributed by atoms with E-state index in [0.717, 1.165) is 21.8 Å². The van der Waals surface area contributed by atoms with Crippen LogP contribution in [0, 0.1) is 22.7 Å². The fourth-order valence-corrected chi connectivity index (χ4v) is 3.91. The zero-order valence-corrected chi connectivity index (χ0v) is 19.7. The van der Waals surface area contributed by atoms with Crippen LogP contribution in [0.5, 0.6) is 0 Å². The fourth-order valence-electron chi connectivity index (χ4n) is 3.30. The molecule has 0 spiro atoms. The number of hydrogen-bond acceptors (Lipinski definition) is 7. The molecule has 0 fully saturated rings. The molecular formula is C23H22BrN3O3S. The molecule has 0 saturated heterocycles. The maximum atomic E-state index is 12.8. The van der Waals surface area contributed by atoms with Crippen molar-refractivity contribution in [2.45, 2.75) is 32.1 Å². The van der Waals surface area contributed by atoms with E-state index in [9.17, 15) is 20.1 Å². The molecule has 0 saturated carbocycles. The standard InChI is InChI=1S/C23H22BrN3O3S/c1-3-30-23(29)16(5-4-6-21(28)31-2)18-11-17(14-7-9-15(24)10-8-14)19(12-25)22(27)20(18)13-26/h7-11,16H,3-6,27H2,1-2H3. The van der Waals surface area contributed by atoms with Gasteiger partial charge in [0.2, 0.25) is 0 Å². The lowest BCUT2D eigenvalue weighted by molar-refractivity contribution is -0.145. The number of nitrogens with two attached hydrogens (primary N) is 1. The monoisotopic (exact) mass is 499 g/mol. The zero-order valence-electron chi connectivity index (χ0n) is 17.3. The number of anilines is 1. The predicted molar refractivity (Wildman–Crippen MR) is 125 cm³/mol. The van der Waals surface area contributed by atoms with Gasteiger partial charge in [-0.25, -0.2) is 0 Å². The van der Waals surface area contributed by atoms with Crippen molar-refractivity contribution in [3.05, 3.63) is 51.5 Å². The Morgan fingerprint density at radius 2 is 1.84 bits per heavy atom. The molecule has 0 aromatic heterocycles. The van der Waals surface area contributed by atoms with Crippen LogP contribution < -0.4 is 5.73 Å². The van der Waals surface area contributed by atoms with Gasteiger partial charge in [-0.15, -0.1) is 0 Å². The molecule has 1 atom stereocenters. The van der Waals surface area contributed by atoms with Crippen molar-refractivity contribution >= 4 is 44.5 Å². The van der Waals surface area contributed by atoms with Gasteiger partial charge in [0.1, 0.15) is 12.1 Å². The molecule has 0 amide bonds. The van der Waals surface area contributed by atoms with Crippen LogP contribution in [0.3, 0.4) is 0 Å². The van der Waals surface area contributed by atoms with Gasteiger partial charge in [0.05, 0.1) is 29.3 Å². The number of thioether (sulfide) groups is 1. The lowest BCUT2D eigenvalue weighted by atomic mass is 9.84. The Morgan fingerprint density at radius 3 is 2.39 bits per heavy atom. The predicted octanol–water partition coefficient (Wildman–Crippen LogP) is 5.15. The lowest BCUT2D eigenvalue weighted by Crippen LogP contribution is -2.19. The molecule has 31 heavy (non-hydrogen) atoms. The third-order valence-corrected chi connectivity index (χ3v) is 6.01. The Bertz CT molecular complexity index is 1060. The molecule has 0 aliphatic carbocycles. The van der Waals surface area contributed by atoms with E-state index in [4.69, 9.17) is 10.5 Å². The summed E-state index contributed by atoms with van der Waals surface area (Å²) in [6.07, 6.45) is 2.81. The summed E-state index contributed by atoms with van der Waals surface area (Å²) >= 11 is 4.53. The first-order valence-corrected chi connectivity index (χ1v) is 11.7. The highest BCUT2D eigenvalue weighted by atomic mass is 79.9. The lowest BCUT2D eigenvalue weighted by Gasteiger charge is -2.20. The van der Waals surface area contributed by atoms with Crippen LogP contribution in [-0.2, 0) is 14.3 Å². The summed E-state index contributed by atoms with van der Waals surface area (Å²) in [6, 6.07) is 13.1. The van der Waals surface area contributed by atoms with E-state index in [1.807, 2.05) is 24.3 Å². The molecule has 2 aromatic rings. The number of carbonyl (C=O) groups excluding carboxylic acids is 2. The molecule has 0 heterocycles. The van der Waals surface area contributed by atoms with Crippen molar-refractivity contribution < 1.29 is 14.3 Å². The van der Waals surface area contributed by atoms with Crippen molar-refractivity contribution in [1.29, 1.82) is 10.5 Å². The van der Waals surface area contributed by atoms with Crippen LogP contribution in [0.15, 0.2) is 34.8 Å². The molecule has 8 heteroatoms. The molecule has 2 N–H and O–H groups in total. The van der Waals surface area contributed by atoms with E-state index in [0.29, 0.717) is 30.4 Å². The first-order chi connectivity index (χ1) is 14.9. The topological polar surface area (TPSA) is 117 Å². The molecular weight excluding hydrogens is 478 g/mol. The molecule has 2 aromatic carbocycles. The van der Waals surface area contributed by atoms with Gasteiger partial charge in [-0.05, 0) is 55.3 Å². The average Bonchev–Trinajstić information content (AvgIpc) is 2.76. The number of ether oxygens (including phenoxy) is 1. The number of hydrogen-bond donors (Lipinski definition) is 1. The number of nitrogens with zero attached hydrogens (tertiary/aromatic N) is 2. The van der Waals surface area contributed by atoms with E-state index >= 15 is 0 Å². The molecule has 0 aliphatic heterocycles. The van der Waals surface area contributed by atoms with Crippen molar-refractivity contribution in [2.24, 2.45) is 0 Å². The van der Waals surface area contributed by atoms with E-state index in [2.05, 4.69) is 28.1 Å². The maximum Gasteiger partial charge on any atom is 0.313 e. The van der Waals surface area contributed by atoms with Crippen LogP contribution in [0.2, 0.25) is 0 Å². The van der Waals surface area contributed by atoms with Gasteiger partial charge in [-0.2, -0.15) is 10.5 Å². The molecule has 0 radical (unpaired) electrons. The highest BCUT2D eigenvalue weighted by molar-refractivity contribution is 9.10. The van der Waals surface area contributed by atoms with Crippen LogP contribution in [0.4, 0.5) is 5.69 Å². The summed E-state index contributed by atoms with van der Waals surface area (Å²) in [5, 5.41) is 19.5. The smallest absolute Gasteiger partial charge is 0.313 e. The highest BCUT2D eigenvalue weighted by Gasteiger charge is 2.28. The van der Waals surface area contributed by atoms with E-state index in [-0.39, 0.29) is 28.5 Å². The zero-order chi connectivity index (χ0) is 23.0. The first-order valence-electron chi connectivity index (χ1n) is 9.63. The Kier molecular flexibility index (Phi) is 9.11. The molecule has 0 aliphatic rings. The van der Waals surface area contributed by atoms with Gasteiger partial charge in [-0.3, -0.25) is 9.59 Å². The molecule has 2 rings (SSSR count). The Labute approximate surface area is 194 Å². The summed E-state index contributed by atoms with van der Waals surface area (Å²) in [6.45, 7) is 1.89. The van der Waals surface area contributed by atoms with E-state index < -0.39 is 11.9 Å². The quantitative estimate of drug-likeness (QED) is 0.394. The maximum absolute atomic E-state index is 12.8. The minimum absolute atomic E-state index is 0.0259. The van der Waals surface area contributed by atoms with Gasteiger partial charge < -0.3 is 10.5 Å². The highest BCUT2D eigenvalue weighted by Crippen LogP contribution is 2.38. The molecule has 1 unspecified atom stereocenters. The van der Waals surface area contributed by atoms with Crippen molar-refractivity contribution in [1.82, 2.24) is 0 Å². The third kappa shape index (κ3) is 5.88. The second-order valence-electron chi connectivity index (χ2n) is 6.68. The minimum atomic E-state index is -0.770. The van der Waals surface area contributed by atoms with Crippen molar-refractivity contribution in [2.75, 3.05) is 18.6 Å². The average molecular weight is 500 g/mol. The summed E-state index contributed by atoms with van der Waals surface area (Å²) in [5.41, 5.74) is 8.21. The number of esters is 1. The molecule has 0 bridgehead atoms. The summed E-state index contributed by atoms with van der Waals surface area (Å²) in [7, 11) is 0. The van der Waals surface area contributed by atoms with E-state index in [1.54, 1.807) is 19.2 Å². The minimum Gasteiger partial charge on any atom is -0.466 e.